The Morgan fingerprint density at radius 2 is 1.97 bits per heavy atom. The summed E-state index contributed by atoms with van der Waals surface area (Å²) in [6.45, 7) is 6.10. The molecule has 2 aromatic rings. The molecule has 10 nitrogen and oxygen atoms in total. The third-order valence-electron chi connectivity index (χ3n) is 4.72. The van der Waals surface area contributed by atoms with Gasteiger partial charge in [-0.15, -0.1) is 0 Å². The minimum Gasteiger partial charge on any atom is -0.476 e. The van der Waals surface area contributed by atoms with Crippen molar-refractivity contribution in [2.45, 2.75) is 51.7 Å². The molecule has 166 valence electrons. The number of nitrogens with zero attached hydrogens (tertiary/aromatic N) is 4. The molecule has 10 heteroatoms. The number of nitro groups is 1. The Morgan fingerprint density at radius 3 is 2.65 bits per heavy atom. The average Bonchev–Trinajstić information content (AvgIpc) is 2.72. The fourth-order valence-electron chi connectivity index (χ4n) is 3.44. The van der Waals surface area contributed by atoms with Crippen LogP contribution in [0.25, 0.3) is 0 Å². The molecule has 0 radical (unpaired) electrons. The lowest BCUT2D eigenvalue weighted by Gasteiger charge is -2.37. The van der Waals surface area contributed by atoms with Crippen LogP contribution < -0.4 is 9.47 Å². The van der Waals surface area contributed by atoms with Gasteiger partial charge in [-0.05, 0) is 57.7 Å². The van der Waals surface area contributed by atoms with Gasteiger partial charge in [-0.3, -0.25) is 10.1 Å². The number of rotatable bonds is 5. The van der Waals surface area contributed by atoms with Crippen molar-refractivity contribution in [3.8, 4) is 17.5 Å². The summed E-state index contributed by atoms with van der Waals surface area (Å²) >= 11 is 0. The lowest BCUT2D eigenvalue weighted by Crippen LogP contribution is -2.41. The Bertz CT molecular complexity index is 959. The molecule has 2 heterocycles. The first kappa shape index (κ1) is 22.3. The second-order valence-corrected chi connectivity index (χ2v) is 8.15. The summed E-state index contributed by atoms with van der Waals surface area (Å²) in [6.07, 6.45) is 3.43. The smallest absolute Gasteiger partial charge is 0.410 e. The first-order valence-electron chi connectivity index (χ1n) is 10.0. The molecule has 0 saturated carbocycles. The number of piperidine rings is 1. The molecule has 1 amide bonds. The number of carbonyl (C=O) groups excluding carboxylic acids is 1. The van der Waals surface area contributed by atoms with Crippen LogP contribution in [0.4, 0.5) is 10.5 Å². The molecule has 1 aliphatic heterocycles. The van der Waals surface area contributed by atoms with Crippen LogP contribution in [0.2, 0.25) is 0 Å². The quantitative estimate of drug-likeness (QED) is 0.497. The van der Waals surface area contributed by atoms with Gasteiger partial charge in [0.1, 0.15) is 17.7 Å². The monoisotopic (exact) mass is 430 g/mol. The highest BCUT2D eigenvalue weighted by atomic mass is 16.6. The molecule has 3 rings (SSSR count). The molecule has 0 spiro atoms. The summed E-state index contributed by atoms with van der Waals surface area (Å²) in [5.74, 6) is -0.0488. The van der Waals surface area contributed by atoms with Crippen LogP contribution in [0.1, 0.15) is 51.6 Å². The van der Waals surface area contributed by atoms with Crippen molar-refractivity contribution in [3.05, 3.63) is 46.3 Å². The molecule has 31 heavy (non-hydrogen) atoms. The number of hydrogen-bond acceptors (Lipinski definition) is 8. The fraction of sp³-hybridized carbons (Fsp3) is 0.476. The van der Waals surface area contributed by atoms with E-state index < -0.39 is 16.2 Å². The highest BCUT2D eigenvalue weighted by Gasteiger charge is 2.32. The van der Waals surface area contributed by atoms with Crippen molar-refractivity contribution in [2.24, 2.45) is 0 Å². The molecular weight excluding hydrogens is 404 g/mol. The van der Waals surface area contributed by atoms with Gasteiger partial charge in [-0.1, -0.05) is 12.1 Å². The molecule has 1 aromatic carbocycles. The zero-order valence-corrected chi connectivity index (χ0v) is 18.0. The van der Waals surface area contributed by atoms with Crippen LogP contribution in [0.15, 0.2) is 30.6 Å². The standard InChI is InChI=1S/C21H26N4O6/c1-21(2,3)31-20(26)24-11-6-5-10-16(24)14-8-7-9-15(12-14)30-19-17(25(27)28)18(29-4)22-13-23-19/h7-9,12-13,16H,5-6,10-11H2,1-4H3. The first-order chi connectivity index (χ1) is 14.7. The van der Waals surface area contributed by atoms with Gasteiger partial charge in [-0.2, -0.15) is 9.97 Å². The molecule has 0 bridgehead atoms. The number of amides is 1. The van der Waals surface area contributed by atoms with Crippen LogP contribution in [-0.4, -0.2) is 45.1 Å². The molecule has 1 saturated heterocycles. The SMILES string of the molecule is COc1ncnc(Oc2cccc(C3CCCCN3C(=O)OC(C)(C)C)c2)c1[N+](=O)[O-]. The van der Waals surface area contributed by atoms with Crippen molar-refractivity contribution >= 4 is 11.8 Å². The molecular formula is C21H26N4O6. The molecule has 1 unspecified atom stereocenters. The van der Waals surface area contributed by atoms with Crippen molar-refractivity contribution < 1.29 is 23.9 Å². The zero-order valence-electron chi connectivity index (χ0n) is 18.0. The summed E-state index contributed by atoms with van der Waals surface area (Å²) in [7, 11) is 1.29. The van der Waals surface area contributed by atoms with E-state index in [2.05, 4.69) is 9.97 Å². The van der Waals surface area contributed by atoms with Crippen molar-refractivity contribution in [2.75, 3.05) is 13.7 Å². The number of carbonyl (C=O) groups is 1. The van der Waals surface area contributed by atoms with E-state index in [0.29, 0.717) is 12.3 Å². The number of ether oxygens (including phenoxy) is 3. The van der Waals surface area contributed by atoms with Crippen LogP contribution >= 0.6 is 0 Å². The van der Waals surface area contributed by atoms with Gasteiger partial charge in [0.05, 0.1) is 18.1 Å². The maximum atomic E-state index is 12.7. The molecule has 0 aliphatic carbocycles. The lowest BCUT2D eigenvalue weighted by atomic mass is 9.95. The molecule has 1 aliphatic rings. The van der Waals surface area contributed by atoms with E-state index in [0.717, 1.165) is 31.2 Å². The van der Waals surface area contributed by atoms with Gasteiger partial charge in [-0.25, -0.2) is 4.79 Å². The predicted molar refractivity (Wildman–Crippen MR) is 111 cm³/mol. The molecule has 1 aromatic heterocycles. The van der Waals surface area contributed by atoms with E-state index in [1.807, 2.05) is 26.8 Å². The highest BCUT2D eigenvalue weighted by molar-refractivity contribution is 5.69. The maximum absolute atomic E-state index is 12.7. The zero-order chi connectivity index (χ0) is 22.6. The third kappa shape index (κ3) is 5.39. The van der Waals surface area contributed by atoms with E-state index in [1.165, 1.54) is 7.11 Å². The fourth-order valence-corrected chi connectivity index (χ4v) is 3.44. The largest absolute Gasteiger partial charge is 0.476 e. The summed E-state index contributed by atoms with van der Waals surface area (Å²) in [5.41, 5.74) is -0.190. The maximum Gasteiger partial charge on any atom is 0.410 e. The highest BCUT2D eigenvalue weighted by Crippen LogP contribution is 2.37. The van der Waals surface area contributed by atoms with Crippen LogP contribution in [0, 0.1) is 10.1 Å². The van der Waals surface area contributed by atoms with E-state index in [-0.39, 0.29) is 23.9 Å². The Hall–Kier alpha value is -3.43. The van der Waals surface area contributed by atoms with E-state index in [9.17, 15) is 14.9 Å². The summed E-state index contributed by atoms with van der Waals surface area (Å²) in [5, 5.41) is 11.4. The summed E-state index contributed by atoms with van der Waals surface area (Å²) in [4.78, 5) is 32.9. The first-order valence-corrected chi connectivity index (χ1v) is 10.0. The van der Waals surface area contributed by atoms with Crippen LogP contribution in [0.3, 0.4) is 0 Å². The van der Waals surface area contributed by atoms with Gasteiger partial charge in [0.15, 0.2) is 0 Å². The molecule has 1 atom stereocenters. The second kappa shape index (κ2) is 9.15. The Balaban J connectivity index is 1.88. The van der Waals surface area contributed by atoms with E-state index >= 15 is 0 Å². The third-order valence-corrected chi connectivity index (χ3v) is 4.72. The van der Waals surface area contributed by atoms with E-state index in [1.54, 1.807) is 23.1 Å². The topological polar surface area (TPSA) is 117 Å². The van der Waals surface area contributed by atoms with Crippen molar-refractivity contribution in [3.63, 3.8) is 0 Å². The summed E-state index contributed by atoms with van der Waals surface area (Å²) in [6, 6.07) is 6.92. The Morgan fingerprint density at radius 1 is 1.23 bits per heavy atom. The summed E-state index contributed by atoms with van der Waals surface area (Å²) < 4.78 is 16.2. The number of aromatic nitrogens is 2. The van der Waals surface area contributed by atoms with Crippen LogP contribution in [-0.2, 0) is 4.74 Å². The van der Waals surface area contributed by atoms with E-state index in [4.69, 9.17) is 14.2 Å². The minimum absolute atomic E-state index is 0.179. The Labute approximate surface area is 180 Å². The van der Waals surface area contributed by atoms with Crippen LogP contribution in [0.5, 0.6) is 17.5 Å². The van der Waals surface area contributed by atoms with Crippen molar-refractivity contribution in [1.29, 1.82) is 0 Å². The van der Waals surface area contributed by atoms with Gasteiger partial charge in [0.2, 0.25) is 0 Å². The van der Waals surface area contributed by atoms with Gasteiger partial charge < -0.3 is 19.1 Å². The molecule has 0 N–H and O–H groups in total. The lowest BCUT2D eigenvalue weighted by molar-refractivity contribution is -0.387. The van der Waals surface area contributed by atoms with Crippen molar-refractivity contribution in [1.82, 2.24) is 14.9 Å². The normalized spacial score (nSPS) is 16.5. The van der Waals surface area contributed by atoms with Gasteiger partial charge in [0, 0.05) is 6.54 Å². The minimum atomic E-state index is -0.649. The number of likely N-dealkylation sites (tertiary alicyclic amines) is 1. The number of benzene rings is 1. The Kier molecular flexibility index (Phi) is 6.57. The average molecular weight is 430 g/mol. The van der Waals surface area contributed by atoms with Gasteiger partial charge in [0.25, 0.3) is 0 Å². The van der Waals surface area contributed by atoms with Gasteiger partial charge >= 0.3 is 23.5 Å². The number of hydrogen-bond donors (Lipinski definition) is 0. The second-order valence-electron chi connectivity index (χ2n) is 8.15. The molecule has 1 fully saturated rings. The predicted octanol–water partition coefficient (Wildman–Crippen LogP) is 4.65. The number of methoxy groups -OCH3 is 1.